The van der Waals surface area contributed by atoms with Crippen molar-refractivity contribution in [2.45, 2.75) is 18.7 Å². The van der Waals surface area contributed by atoms with Crippen molar-refractivity contribution in [3.8, 4) is 0 Å². The number of benzene rings is 3. The van der Waals surface area contributed by atoms with E-state index in [1.54, 1.807) is 54.6 Å². The van der Waals surface area contributed by atoms with Crippen molar-refractivity contribution in [1.82, 2.24) is 0 Å². The fourth-order valence-electron chi connectivity index (χ4n) is 2.89. The topological polar surface area (TPSA) is 80.3 Å². The zero-order chi connectivity index (χ0) is 21.0. The first-order valence-corrected chi connectivity index (χ1v) is 10.7. The maximum Gasteiger partial charge on any atom is 0.239 e. The molecule has 29 heavy (non-hydrogen) atoms. The number of hydrogen-bond acceptors (Lipinski definition) is 4. The number of nitrogens with one attached hydrogen (secondary N) is 1. The van der Waals surface area contributed by atoms with Gasteiger partial charge in [-0.05, 0) is 38.1 Å². The molecule has 3 aromatic carbocycles. The summed E-state index contributed by atoms with van der Waals surface area (Å²) in [6.07, 6.45) is 0. The molecule has 0 aliphatic rings. The van der Waals surface area contributed by atoms with Gasteiger partial charge in [0.1, 0.15) is 5.75 Å². The van der Waals surface area contributed by atoms with Gasteiger partial charge in [0.05, 0.1) is 10.6 Å². The van der Waals surface area contributed by atoms with E-state index in [1.807, 2.05) is 19.9 Å². The van der Waals surface area contributed by atoms with Crippen LogP contribution in [-0.2, 0) is 14.6 Å². The summed E-state index contributed by atoms with van der Waals surface area (Å²) in [7, 11) is -3.79. The van der Waals surface area contributed by atoms with Crippen LogP contribution in [-0.4, -0.2) is 25.9 Å². The number of amides is 1. The summed E-state index contributed by atoms with van der Waals surface area (Å²) >= 11 is 0. The first kappa shape index (κ1) is 20.5. The standard InChI is InChI=1S/C23H21NO4S/c1-16-8-11-19(12-9-16)29(27,28)15-22(25)24-21-13-10-17(2)14-20(21)23(26)18-6-4-3-5-7-18/h3-14H,15H2,1-2H3,(H,24,25). The Balaban J connectivity index is 1.84. The second-order valence-corrected chi connectivity index (χ2v) is 8.85. The maximum atomic E-state index is 12.9. The van der Waals surface area contributed by atoms with Gasteiger partial charge in [-0.15, -0.1) is 0 Å². The van der Waals surface area contributed by atoms with Gasteiger partial charge >= 0.3 is 0 Å². The van der Waals surface area contributed by atoms with E-state index in [1.165, 1.54) is 12.1 Å². The molecule has 0 aliphatic heterocycles. The van der Waals surface area contributed by atoms with Gasteiger partial charge < -0.3 is 5.32 Å². The summed E-state index contributed by atoms with van der Waals surface area (Å²) in [6, 6.07) is 20.1. The Labute approximate surface area is 170 Å². The molecule has 3 aromatic rings. The lowest BCUT2D eigenvalue weighted by atomic mass is 10.00. The van der Waals surface area contributed by atoms with Crippen LogP contribution in [0.25, 0.3) is 0 Å². The van der Waals surface area contributed by atoms with Gasteiger partial charge in [-0.3, -0.25) is 9.59 Å². The Morgan fingerprint density at radius 1 is 0.828 bits per heavy atom. The molecule has 0 atom stereocenters. The van der Waals surface area contributed by atoms with Gasteiger partial charge in [0.2, 0.25) is 5.91 Å². The summed E-state index contributed by atoms with van der Waals surface area (Å²) in [4.78, 5) is 25.4. The molecule has 6 heteroatoms. The number of sulfone groups is 1. The molecule has 0 bridgehead atoms. The minimum Gasteiger partial charge on any atom is -0.325 e. The highest BCUT2D eigenvalue weighted by Crippen LogP contribution is 2.22. The number of hydrogen-bond donors (Lipinski definition) is 1. The average Bonchev–Trinajstić information content (AvgIpc) is 2.69. The molecule has 0 aliphatic carbocycles. The van der Waals surface area contributed by atoms with Crippen LogP contribution in [0.5, 0.6) is 0 Å². The summed E-state index contributed by atoms with van der Waals surface area (Å²) in [5.41, 5.74) is 2.87. The van der Waals surface area contributed by atoms with Crippen molar-refractivity contribution in [2.75, 3.05) is 11.1 Å². The van der Waals surface area contributed by atoms with Gasteiger partial charge in [0.15, 0.2) is 15.6 Å². The summed E-state index contributed by atoms with van der Waals surface area (Å²) in [5.74, 6) is -1.65. The van der Waals surface area contributed by atoms with Crippen LogP contribution in [0, 0.1) is 13.8 Å². The van der Waals surface area contributed by atoms with Crippen LogP contribution < -0.4 is 5.32 Å². The average molecular weight is 407 g/mol. The third-order valence-electron chi connectivity index (χ3n) is 4.43. The van der Waals surface area contributed by atoms with Crippen molar-refractivity contribution in [3.05, 3.63) is 95.1 Å². The largest absolute Gasteiger partial charge is 0.325 e. The summed E-state index contributed by atoms with van der Waals surface area (Å²) in [5, 5.41) is 2.59. The number of anilines is 1. The third-order valence-corrected chi connectivity index (χ3v) is 6.06. The van der Waals surface area contributed by atoms with Gasteiger partial charge in [-0.1, -0.05) is 59.7 Å². The molecule has 148 valence electrons. The SMILES string of the molecule is Cc1ccc(S(=O)(=O)CC(=O)Nc2ccc(C)cc2C(=O)c2ccccc2)cc1. The first-order valence-electron chi connectivity index (χ1n) is 9.06. The van der Waals surface area contributed by atoms with Crippen molar-refractivity contribution < 1.29 is 18.0 Å². The second-order valence-electron chi connectivity index (χ2n) is 6.86. The van der Waals surface area contributed by atoms with E-state index in [-0.39, 0.29) is 16.4 Å². The van der Waals surface area contributed by atoms with Gasteiger partial charge in [0, 0.05) is 11.1 Å². The Kier molecular flexibility index (Phi) is 5.94. The smallest absolute Gasteiger partial charge is 0.239 e. The fraction of sp³-hybridized carbons (Fsp3) is 0.130. The summed E-state index contributed by atoms with van der Waals surface area (Å²) in [6.45, 7) is 3.70. The van der Waals surface area contributed by atoms with E-state index in [2.05, 4.69) is 5.32 Å². The molecule has 0 unspecified atom stereocenters. The highest BCUT2D eigenvalue weighted by Gasteiger charge is 2.21. The van der Waals surface area contributed by atoms with Crippen molar-refractivity contribution >= 4 is 27.2 Å². The minimum atomic E-state index is -3.79. The zero-order valence-electron chi connectivity index (χ0n) is 16.2. The van der Waals surface area contributed by atoms with Crippen LogP contribution in [0.2, 0.25) is 0 Å². The van der Waals surface area contributed by atoms with E-state index in [4.69, 9.17) is 0 Å². The Hall–Kier alpha value is -3.25. The molecule has 0 saturated heterocycles. The molecule has 0 saturated carbocycles. The normalized spacial score (nSPS) is 11.1. The highest BCUT2D eigenvalue weighted by atomic mass is 32.2. The van der Waals surface area contributed by atoms with E-state index in [0.29, 0.717) is 11.1 Å². The van der Waals surface area contributed by atoms with Crippen molar-refractivity contribution in [2.24, 2.45) is 0 Å². The molecule has 0 aromatic heterocycles. The van der Waals surface area contributed by atoms with E-state index >= 15 is 0 Å². The van der Waals surface area contributed by atoms with Crippen LogP contribution in [0.15, 0.2) is 77.7 Å². The predicted octanol–water partition coefficient (Wildman–Crippen LogP) is 3.95. The Bertz CT molecular complexity index is 1150. The van der Waals surface area contributed by atoms with Gasteiger partial charge in [-0.25, -0.2) is 8.42 Å². The van der Waals surface area contributed by atoms with E-state index < -0.39 is 21.5 Å². The van der Waals surface area contributed by atoms with Crippen LogP contribution in [0.1, 0.15) is 27.0 Å². The fourth-order valence-corrected chi connectivity index (χ4v) is 4.02. The summed E-state index contributed by atoms with van der Waals surface area (Å²) < 4.78 is 25.0. The first-order chi connectivity index (χ1) is 13.8. The van der Waals surface area contributed by atoms with Crippen LogP contribution in [0.3, 0.4) is 0 Å². The molecule has 0 heterocycles. The molecule has 3 rings (SSSR count). The van der Waals surface area contributed by atoms with Crippen molar-refractivity contribution in [3.63, 3.8) is 0 Å². The monoisotopic (exact) mass is 407 g/mol. The lowest BCUT2D eigenvalue weighted by Gasteiger charge is -2.12. The van der Waals surface area contributed by atoms with Gasteiger partial charge in [0.25, 0.3) is 0 Å². The van der Waals surface area contributed by atoms with E-state index in [9.17, 15) is 18.0 Å². The molecule has 1 amide bonds. The van der Waals surface area contributed by atoms with Crippen LogP contribution in [0.4, 0.5) is 5.69 Å². The Morgan fingerprint density at radius 3 is 2.10 bits per heavy atom. The van der Waals surface area contributed by atoms with Crippen molar-refractivity contribution in [1.29, 1.82) is 0 Å². The minimum absolute atomic E-state index is 0.0859. The third kappa shape index (κ3) is 4.97. The lowest BCUT2D eigenvalue weighted by Crippen LogP contribution is -2.24. The Morgan fingerprint density at radius 2 is 1.45 bits per heavy atom. The number of rotatable bonds is 6. The number of carbonyl (C=O) groups is 2. The quantitative estimate of drug-likeness (QED) is 0.628. The lowest BCUT2D eigenvalue weighted by molar-refractivity contribution is -0.113. The number of carbonyl (C=O) groups excluding carboxylic acids is 2. The van der Waals surface area contributed by atoms with Crippen LogP contribution >= 0.6 is 0 Å². The number of aryl methyl sites for hydroxylation is 2. The molecule has 5 nitrogen and oxygen atoms in total. The highest BCUT2D eigenvalue weighted by molar-refractivity contribution is 7.92. The predicted molar refractivity (Wildman–Crippen MR) is 113 cm³/mol. The molecule has 0 spiro atoms. The molecule has 0 radical (unpaired) electrons. The molecule has 0 fully saturated rings. The molecular formula is C23H21NO4S. The second kappa shape index (κ2) is 8.41. The van der Waals surface area contributed by atoms with E-state index in [0.717, 1.165) is 11.1 Å². The van der Waals surface area contributed by atoms with Gasteiger partial charge in [-0.2, -0.15) is 0 Å². The number of ketones is 1. The molecule has 1 N–H and O–H groups in total. The maximum absolute atomic E-state index is 12.9. The molecular weight excluding hydrogens is 386 g/mol. The zero-order valence-corrected chi connectivity index (χ0v) is 17.0.